The van der Waals surface area contributed by atoms with E-state index in [0.717, 1.165) is 24.7 Å². The van der Waals surface area contributed by atoms with Crippen molar-refractivity contribution >= 4 is 0 Å². The Balaban J connectivity index is 1.76. The number of allylic oxidation sites excluding steroid dienone is 1. The van der Waals surface area contributed by atoms with Crippen LogP contribution in [0.5, 0.6) is 0 Å². The van der Waals surface area contributed by atoms with E-state index in [0.29, 0.717) is 6.33 Å². The summed E-state index contributed by atoms with van der Waals surface area (Å²) in [5.74, 6) is 1.75. The highest BCUT2D eigenvalue weighted by atomic mass is 19.1. The van der Waals surface area contributed by atoms with Gasteiger partial charge in [0.1, 0.15) is 0 Å². The van der Waals surface area contributed by atoms with Crippen molar-refractivity contribution in [3.05, 3.63) is 47.8 Å². The number of rotatable bonds is 8. The number of benzene rings is 1. The Kier molecular flexibility index (Phi) is 7.70. The van der Waals surface area contributed by atoms with E-state index in [2.05, 4.69) is 31.2 Å². The van der Waals surface area contributed by atoms with E-state index in [1.54, 1.807) is 6.08 Å². The maximum Gasteiger partial charge on any atom is 0.0827 e. The van der Waals surface area contributed by atoms with Gasteiger partial charge >= 0.3 is 0 Å². The molecule has 1 aliphatic carbocycles. The Morgan fingerprint density at radius 2 is 1.77 bits per heavy atom. The first-order chi connectivity index (χ1) is 10.8. The van der Waals surface area contributed by atoms with Gasteiger partial charge in [-0.05, 0) is 61.5 Å². The maximum absolute atomic E-state index is 12.0. The molecule has 122 valence electrons. The first-order valence-corrected chi connectivity index (χ1v) is 9.17. The van der Waals surface area contributed by atoms with Gasteiger partial charge in [0, 0.05) is 0 Å². The molecule has 0 radical (unpaired) electrons. The smallest absolute Gasteiger partial charge is 0.0827 e. The molecule has 0 aromatic heterocycles. The van der Waals surface area contributed by atoms with Gasteiger partial charge in [-0.3, -0.25) is 0 Å². The third kappa shape index (κ3) is 5.59. The molecular weight excluding hydrogens is 271 g/mol. The number of halogens is 1. The number of unbranched alkanes of at least 4 members (excludes halogenated alkanes) is 2. The Hall–Kier alpha value is -1.11. The second-order valence-electron chi connectivity index (χ2n) is 6.86. The fourth-order valence-corrected chi connectivity index (χ4v) is 3.74. The van der Waals surface area contributed by atoms with Crippen LogP contribution in [-0.2, 0) is 6.42 Å². The highest BCUT2D eigenvalue weighted by molar-refractivity contribution is 5.26. The van der Waals surface area contributed by atoms with Gasteiger partial charge in [-0.15, -0.1) is 0 Å². The number of hydrogen-bond donors (Lipinski definition) is 0. The molecule has 0 amide bonds. The molecule has 2 rings (SSSR count). The van der Waals surface area contributed by atoms with Crippen LogP contribution in [0.4, 0.5) is 4.39 Å². The van der Waals surface area contributed by atoms with Gasteiger partial charge < -0.3 is 0 Å². The van der Waals surface area contributed by atoms with E-state index >= 15 is 0 Å². The van der Waals surface area contributed by atoms with Crippen molar-refractivity contribution in [1.29, 1.82) is 0 Å². The molecule has 0 heterocycles. The fraction of sp³-hybridized carbons (Fsp3) is 0.619. The standard InChI is InChI=1S/C21H31F/c1-2-3-4-7-18-9-13-20(14-10-18)21-15-11-19(12-16-21)8-5-6-17-22/h6,11-12,15-18,20H,2-5,7-10,13-14H2,1H3. The lowest BCUT2D eigenvalue weighted by atomic mass is 9.77. The summed E-state index contributed by atoms with van der Waals surface area (Å²) in [7, 11) is 0. The van der Waals surface area contributed by atoms with Gasteiger partial charge in [0.15, 0.2) is 0 Å². The molecule has 0 saturated heterocycles. The summed E-state index contributed by atoms with van der Waals surface area (Å²) in [6.07, 6.45) is 15.1. The molecule has 1 aromatic rings. The predicted molar refractivity (Wildman–Crippen MR) is 93.9 cm³/mol. The van der Waals surface area contributed by atoms with Crippen molar-refractivity contribution in [2.75, 3.05) is 0 Å². The molecule has 0 nitrogen and oxygen atoms in total. The molecule has 0 bridgehead atoms. The lowest BCUT2D eigenvalue weighted by Gasteiger charge is -2.29. The summed E-state index contributed by atoms with van der Waals surface area (Å²) < 4.78 is 12.0. The topological polar surface area (TPSA) is 0 Å². The molecule has 0 atom stereocenters. The van der Waals surface area contributed by atoms with Crippen LogP contribution >= 0.6 is 0 Å². The molecule has 1 heteroatoms. The highest BCUT2D eigenvalue weighted by Gasteiger charge is 2.21. The van der Waals surface area contributed by atoms with E-state index in [9.17, 15) is 4.39 Å². The lowest BCUT2D eigenvalue weighted by Crippen LogP contribution is -2.13. The third-order valence-corrected chi connectivity index (χ3v) is 5.20. The summed E-state index contributed by atoms with van der Waals surface area (Å²) in [5.41, 5.74) is 2.83. The fourth-order valence-electron chi connectivity index (χ4n) is 3.74. The molecule has 0 aliphatic heterocycles. The van der Waals surface area contributed by atoms with Crippen LogP contribution in [0.1, 0.15) is 81.8 Å². The normalized spacial score (nSPS) is 22.3. The van der Waals surface area contributed by atoms with Crippen LogP contribution in [0.15, 0.2) is 36.7 Å². The average Bonchev–Trinajstić information content (AvgIpc) is 2.57. The summed E-state index contributed by atoms with van der Waals surface area (Å²) in [6.45, 7) is 2.29. The zero-order valence-corrected chi connectivity index (χ0v) is 14.1. The Morgan fingerprint density at radius 3 is 2.41 bits per heavy atom. The monoisotopic (exact) mass is 302 g/mol. The van der Waals surface area contributed by atoms with Crippen LogP contribution < -0.4 is 0 Å². The number of aryl methyl sites for hydroxylation is 1. The minimum Gasteiger partial charge on any atom is -0.216 e. The van der Waals surface area contributed by atoms with Crippen molar-refractivity contribution < 1.29 is 4.39 Å². The van der Waals surface area contributed by atoms with Gasteiger partial charge in [-0.2, -0.15) is 0 Å². The minimum atomic E-state index is 0.646. The summed E-state index contributed by atoms with van der Waals surface area (Å²) in [6, 6.07) is 9.07. The van der Waals surface area contributed by atoms with Crippen LogP contribution in [0, 0.1) is 5.92 Å². The molecule has 1 aliphatic rings. The quantitative estimate of drug-likeness (QED) is 0.455. The molecule has 22 heavy (non-hydrogen) atoms. The zero-order chi connectivity index (χ0) is 15.6. The highest BCUT2D eigenvalue weighted by Crippen LogP contribution is 2.37. The van der Waals surface area contributed by atoms with E-state index in [4.69, 9.17) is 0 Å². The van der Waals surface area contributed by atoms with Crippen LogP contribution in [0.2, 0.25) is 0 Å². The zero-order valence-electron chi connectivity index (χ0n) is 14.1. The van der Waals surface area contributed by atoms with Crippen molar-refractivity contribution in [2.45, 2.75) is 77.0 Å². The Labute approximate surface area is 135 Å². The van der Waals surface area contributed by atoms with Gasteiger partial charge in [0.25, 0.3) is 0 Å². The molecule has 0 N–H and O–H groups in total. The van der Waals surface area contributed by atoms with E-state index in [1.807, 2.05) is 0 Å². The van der Waals surface area contributed by atoms with E-state index in [-0.39, 0.29) is 0 Å². The molecular formula is C21H31F. The van der Waals surface area contributed by atoms with Crippen molar-refractivity contribution in [3.63, 3.8) is 0 Å². The van der Waals surface area contributed by atoms with Crippen molar-refractivity contribution in [1.82, 2.24) is 0 Å². The van der Waals surface area contributed by atoms with E-state index < -0.39 is 0 Å². The molecule has 1 aromatic carbocycles. The number of hydrogen-bond acceptors (Lipinski definition) is 0. The first-order valence-electron chi connectivity index (χ1n) is 9.17. The van der Waals surface area contributed by atoms with Crippen molar-refractivity contribution in [3.8, 4) is 0 Å². The first kappa shape index (κ1) is 17.2. The Bertz CT molecular complexity index is 424. The minimum absolute atomic E-state index is 0.646. The third-order valence-electron chi connectivity index (χ3n) is 5.20. The molecule has 0 spiro atoms. The summed E-state index contributed by atoms with van der Waals surface area (Å²) in [5, 5.41) is 0. The van der Waals surface area contributed by atoms with Crippen LogP contribution in [0.3, 0.4) is 0 Å². The SMILES string of the molecule is CCCCCC1CCC(c2ccc(CCC=CF)cc2)CC1. The molecule has 1 saturated carbocycles. The van der Waals surface area contributed by atoms with Gasteiger partial charge in [0.05, 0.1) is 6.33 Å². The maximum atomic E-state index is 12.0. The average molecular weight is 302 g/mol. The Morgan fingerprint density at radius 1 is 1.05 bits per heavy atom. The van der Waals surface area contributed by atoms with Crippen LogP contribution in [-0.4, -0.2) is 0 Å². The summed E-state index contributed by atoms with van der Waals surface area (Å²) in [4.78, 5) is 0. The molecule has 1 fully saturated rings. The van der Waals surface area contributed by atoms with Crippen molar-refractivity contribution in [2.24, 2.45) is 5.92 Å². The molecule has 0 unspecified atom stereocenters. The predicted octanol–water partition coefficient (Wildman–Crippen LogP) is 6.96. The van der Waals surface area contributed by atoms with Crippen LogP contribution in [0.25, 0.3) is 0 Å². The van der Waals surface area contributed by atoms with Gasteiger partial charge in [0.2, 0.25) is 0 Å². The lowest BCUT2D eigenvalue weighted by molar-refractivity contribution is 0.303. The van der Waals surface area contributed by atoms with E-state index in [1.165, 1.54) is 62.5 Å². The summed E-state index contributed by atoms with van der Waals surface area (Å²) >= 11 is 0. The second-order valence-corrected chi connectivity index (χ2v) is 6.86. The largest absolute Gasteiger partial charge is 0.216 e. The van der Waals surface area contributed by atoms with Gasteiger partial charge in [-0.25, -0.2) is 4.39 Å². The second kappa shape index (κ2) is 9.82. The van der Waals surface area contributed by atoms with Gasteiger partial charge in [-0.1, -0.05) is 62.9 Å².